The van der Waals surface area contributed by atoms with Gasteiger partial charge in [0, 0.05) is 6.54 Å². The summed E-state index contributed by atoms with van der Waals surface area (Å²) in [6, 6.07) is 5.09. The fourth-order valence-electron chi connectivity index (χ4n) is 2.04. The summed E-state index contributed by atoms with van der Waals surface area (Å²) >= 11 is 3.47. The Morgan fingerprint density at radius 2 is 2.17 bits per heavy atom. The largest absolute Gasteiger partial charge is 0.490 e. The molecule has 1 heterocycles. The Bertz CT molecular complexity index is 670. The Hall–Kier alpha value is -2.08. The first kappa shape index (κ1) is 17.3. The van der Waals surface area contributed by atoms with Crippen molar-refractivity contribution in [3.63, 3.8) is 0 Å². The van der Waals surface area contributed by atoms with Crippen molar-refractivity contribution in [2.45, 2.75) is 26.4 Å². The molecule has 0 aromatic heterocycles. The lowest BCUT2D eigenvalue weighted by Crippen LogP contribution is -2.30. The molecule has 0 bridgehead atoms. The first-order valence-electron chi connectivity index (χ1n) is 7.38. The Balaban J connectivity index is 2.20. The molecule has 0 saturated carbocycles. The van der Waals surface area contributed by atoms with Gasteiger partial charge in [0.1, 0.15) is 11.4 Å². The minimum absolute atomic E-state index is 0.124. The zero-order valence-corrected chi connectivity index (χ0v) is 14.7. The zero-order valence-electron chi connectivity index (χ0n) is 13.1. The smallest absolute Gasteiger partial charge is 0.329 e. The first-order chi connectivity index (χ1) is 11.0. The fraction of sp³-hybridized carbons (Fsp3) is 0.294. The van der Waals surface area contributed by atoms with E-state index in [1.54, 1.807) is 6.08 Å². The number of hydrogen-bond acceptors (Lipinski definition) is 3. The molecule has 1 aliphatic heterocycles. The predicted octanol–water partition coefficient (Wildman–Crippen LogP) is 3.71. The quantitative estimate of drug-likeness (QED) is 0.466. The molecule has 1 aromatic carbocycles. The Labute approximate surface area is 144 Å². The topological polar surface area (TPSA) is 58.6 Å². The predicted molar refractivity (Wildman–Crippen MR) is 92.9 cm³/mol. The molecule has 5 nitrogen and oxygen atoms in total. The normalized spacial score (nSPS) is 17.3. The van der Waals surface area contributed by atoms with Crippen LogP contribution < -0.4 is 10.1 Å². The number of hydrogen-bond donors (Lipinski definition) is 1. The monoisotopic (exact) mass is 378 g/mol. The van der Waals surface area contributed by atoms with Gasteiger partial charge in [-0.25, -0.2) is 4.79 Å². The van der Waals surface area contributed by atoms with Crippen LogP contribution in [0.5, 0.6) is 5.75 Å². The van der Waals surface area contributed by atoms with Crippen LogP contribution in [-0.2, 0) is 4.79 Å². The van der Waals surface area contributed by atoms with Gasteiger partial charge in [0.15, 0.2) is 0 Å². The highest BCUT2D eigenvalue weighted by Gasteiger charge is 2.32. The second kappa shape index (κ2) is 7.46. The highest BCUT2D eigenvalue weighted by atomic mass is 79.9. The molecule has 0 spiro atoms. The summed E-state index contributed by atoms with van der Waals surface area (Å²) in [4.78, 5) is 25.0. The lowest BCUT2D eigenvalue weighted by atomic mass is 10.2. The Morgan fingerprint density at radius 1 is 1.43 bits per heavy atom. The van der Waals surface area contributed by atoms with Gasteiger partial charge in [-0.05, 0) is 53.0 Å². The van der Waals surface area contributed by atoms with Crippen LogP contribution in [0.1, 0.15) is 25.8 Å². The number of nitrogens with one attached hydrogen (secondary N) is 1. The number of urea groups is 1. The molecular formula is C17H19BrN2O3. The highest BCUT2D eigenvalue weighted by molar-refractivity contribution is 9.10. The van der Waals surface area contributed by atoms with E-state index in [0.717, 1.165) is 27.1 Å². The van der Waals surface area contributed by atoms with Gasteiger partial charge in [0.05, 0.1) is 10.6 Å². The van der Waals surface area contributed by atoms with Crippen LogP contribution in [0, 0.1) is 0 Å². The molecule has 0 radical (unpaired) electrons. The van der Waals surface area contributed by atoms with Crippen molar-refractivity contribution in [3.8, 4) is 5.75 Å². The molecular weight excluding hydrogens is 360 g/mol. The maximum absolute atomic E-state index is 12.1. The molecule has 1 N–H and O–H groups in total. The van der Waals surface area contributed by atoms with Crippen LogP contribution in [0.2, 0.25) is 0 Å². The molecule has 6 heteroatoms. The molecule has 0 unspecified atom stereocenters. The van der Waals surface area contributed by atoms with E-state index in [1.807, 2.05) is 25.1 Å². The molecule has 3 amide bonds. The van der Waals surface area contributed by atoms with Crippen molar-refractivity contribution >= 4 is 33.9 Å². The van der Waals surface area contributed by atoms with Crippen molar-refractivity contribution in [1.29, 1.82) is 0 Å². The van der Waals surface area contributed by atoms with E-state index in [2.05, 4.69) is 34.7 Å². The standard InChI is InChI=1S/C17H19BrN2O3/c1-4-8-20-16(21)14(19-17(20)22)10-12-6-7-15(13(18)9-12)23-11(3)5-2/h4,6-7,9-11H,1,5,8H2,2-3H3,(H,19,22)/b14-10-/t11-/m0/s1. The number of nitrogens with zero attached hydrogens (tertiary/aromatic N) is 1. The summed E-state index contributed by atoms with van der Waals surface area (Å²) in [5, 5.41) is 2.57. The number of imide groups is 1. The average molecular weight is 379 g/mol. The van der Waals surface area contributed by atoms with E-state index in [1.165, 1.54) is 6.08 Å². The molecule has 1 aliphatic rings. The maximum atomic E-state index is 12.1. The van der Waals surface area contributed by atoms with E-state index >= 15 is 0 Å². The third-order valence-corrected chi connectivity index (χ3v) is 4.06. The second-order valence-electron chi connectivity index (χ2n) is 5.22. The highest BCUT2D eigenvalue weighted by Crippen LogP contribution is 2.28. The van der Waals surface area contributed by atoms with Crippen molar-refractivity contribution < 1.29 is 14.3 Å². The van der Waals surface area contributed by atoms with Crippen LogP contribution >= 0.6 is 15.9 Å². The molecule has 2 rings (SSSR count). The third kappa shape index (κ3) is 4.01. The SMILES string of the molecule is C=CCN1C(=O)N/C(=C\c2ccc(O[C@@H](C)CC)c(Br)c2)C1=O. The summed E-state index contributed by atoms with van der Waals surface area (Å²) in [5.41, 5.74) is 1.04. The van der Waals surface area contributed by atoms with E-state index in [4.69, 9.17) is 4.74 Å². The molecule has 122 valence electrons. The van der Waals surface area contributed by atoms with Gasteiger partial charge in [0.2, 0.25) is 0 Å². The van der Waals surface area contributed by atoms with Crippen LogP contribution in [-0.4, -0.2) is 29.5 Å². The van der Waals surface area contributed by atoms with Gasteiger partial charge >= 0.3 is 6.03 Å². The summed E-state index contributed by atoms with van der Waals surface area (Å²) in [6.45, 7) is 7.79. The maximum Gasteiger partial charge on any atom is 0.329 e. The van der Waals surface area contributed by atoms with E-state index < -0.39 is 6.03 Å². The van der Waals surface area contributed by atoms with Crippen molar-refractivity contribution in [1.82, 2.24) is 10.2 Å². The molecule has 23 heavy (non-hydrogen) atoms. The summed E-state index contributed by atoms with van der Waals surface area (Å²) in [5.74, 6) is 0.391. The van der Waals surface area contributed by atoms with E-state index in [0.29, 0.717) is 0 Å². The van der Waals surface area contributed by atoms with Crippen molar-refractivity contribution in [2.75, 3.05) is 6.54 Å². The number of rotatable bonds is 6. The lowest BCUT2D eigenvalue weighted by Gasteiger charge is -2.14. The number of ether oxygens (including phenoxy) is 1. The summed E-state index contributed by atoms with van der Waals surface area (Å²) < 4.78 is 6.58. The van der Waals surface area contributed by atoms with Crippen LogP contribution in [0.25, 0.3) is 6.08 Å². The average Bonchev–Trinajstić information content (AvgIpc) is 2.78. The Morgan fingerprint density at radius 3 is 2.78 bits per heavy atom. The molecule has 1 saturated heterocycles. The van der Waals surface area contributed by atoms with E-state index in [9.17, 15) is 9.59 Å². The fourth-order valence-corrected chi connectivity index (χ4v) is 2.53. The number of carbonyl (C=O) groups is 2. The van der Waals surface area contributed by atoms with Crippen molar-refractivity contribution in [2.24, 2.45) is 0 Å². The van der Waals surface area contributed by atoms with Gasteiger partial charge in [-0.15, -0.1) is 6.58 Å². The van der Waals surface area contributed by atoms with Crippen LogP contribution in [0.3, 0.4) is 0 Å². The minimum Gasteiger partial charge on any atom is -0.490 e. The summed E-state index contributed by atoms with van der Waals surface area (Å²) in [7, 11) is 0. The van der Waals surface area contributed by atoms with E-state index in [-0.39, 0.29) is 24.3 Å². The van der Waals surface area contributed by atoms with Gasteiger partial charge in [-0.2, -0.15) is 0 Å². The van der Waals surface area contributed by atoms with Gasteiger partial charge in [-0.1, -0.05) is 19.1 Å². The second-order valence-corrected chi connectivity index (χ2v) is 6.07. The number of halogens is 1. The zero-order chi connectivity index (χ0) is 17.0. The molecule has 1 aromatic rings. The number of benzene rings is 1. The van der Waals surface area contributed by atoms with Gasteiger partial charge in [0.25, 0.3) is 5.91 Å². The summed E-state index contributed by atoms with van der Waals surface area (Å²) in [6.07, 6.45) is 4.19. The molecule has 1 atom stereocenters. The molecule has 0 aliphatic carbocycles. The number of amides is 3. The van der Waals surface area contributed by atoms with Crippen molar-refractivity contribution in [3.05, 3.63) is 46.6 Å². The first-order valence-corrected chi connectivity index (χ1v) is 8.17. The van der Waals surface area contributed by atoms with Crippen LogP contribution in [0.4, 0.5) is 4.79 Å². The Kier molecular flexibility index (Phi) is 5.60. The lowest BCUT2D eigenvalue weighted by molar-refractivity contribution is -0.122. The van der Waals surface area contributed by atoms with Gasteiger partial charge < -0.3 is 10.1 Å². The number of carbonyl (C=O) groups excluding carboxylic acids is 2. The van der Waals surface area contributed by atoms with Crippen LogP contribution in [0.15, 0.2) is 41.0 Å². The van der Waals surface area contributed by atoms with Gasteiger partial charge in [-0.3, -0.25) is 9.69 Å². The third-order valence-electron chi connectivity index (χ3n) is 3.44. The minimum atomic E-state index is -0.433. The molecule has 1 fully saturated rings.